The first-order chi connectivity index (χ1) is 10.1. The minimum absolute atomic E-state index is 0.816. The number of nitrogens with one attached hydrogen (secondary N) is 1. The van der Waals surface area contributed by atoms with Crippen LogP contribution in [0.1, 0.15) is 30.3 Å². The van der Waals surface area contributed by atoms with Gasteiger partial charge in [0.05, 0.1) is 6.54 Å². The highest BCUT2D eigenvalue weighted by atomic mass is 15.2. The van der Waals surface area contributed by atoms with E-state index in [1.807, 2.05) is 19.4 Å². The molecule has 1 aromatic carbocycles. The fraction of sp³-hybridized carbons (Fsp3) is 0.471. The molecule has 0 aliphatic carbocycles. The van der Waals surface area contributed by atoms with Crippen molar-refractivity contribution >= 4 is 5.69 Å². The lowest BCUT2D eigenvalue weighted by Gasteiger charge is -2.20. The number of rotatable bonds is 7. The Balaban J connectivity index is 2.03. The Hall–Kier alpha value is -1.81. The molecule has 0 fully saturated rings. The van der Waals surface area contributed by atoms with Crippen LogP contribution in [0.3, 0.4) is 0 Å². The van der Waals surface area contributed by atoms with Crippen LogP contribution in [-0.2, 0) is 20.1 Å². The number of hydrogen-bond donors (Lipinski definition) is 1. The molecule has 4 nitrogen and oxygen atoms in total. The predicted octanol–water partition coefficient (Wildman–Crippen LogP) is 2.86. The summed E-state index contributed by atoms with van der Waals surface area (Å²) in [5.74, 6) is 1.07. The van der Waals surface area contributed by atoms with Crippen molar-refractivity contribution in [2.24, 2.45) is 7.05 Å². The van der Waals surface area contributed by atoms with Gasteiger partial charge in [0.1, 0.15) is 5.82 Å². The van der Waals surface area contributed by atoms with Crippen molar-refractivity contribution < 1.29 is 0 Å². The van der Waals surface area contributed by atoms with Crippen molar-refractivity contribution in [3.63, 3.8) is 0 Å². The molecule has 2 rings (SSSR count). The Labute approximate surface area is 127 Å². The second kappa shape index (κ2) is 7.27. The highest BCUT2D eigenvalue weighted by molar-refractivity contribution is 5.50. The molecule has 0 amide bonds. The first-order valence-corrected chi connectivity index (χ1v) is 7.59. The molecule has 0 aliphatic rings. The number of aromatic nitrogens is 2. The van der Waals surface area contributed by atoms with Crippen LogP contribution in [0.4, 0.5) is 5.69 Å². The maximum atomic E-state index is 4.38. The van der Waals surface area contributed by atoms with Gasteiger partial charge in [-0.25, -0.2) is 4.98 Å². The van der Waals surface area contributed by atoms with E-state index in [2.05, 4.69) is 58.9 Å². The number of benzene rings is 1. The third-order valence-electron chi connectivity index (χ3n) is 3.81. The van der Waals surface area contributed by atoms with Crippen LogP contribution in [0, 0.1) is 6.92 Å². The molecular formula is C17H26N4. The van der Waals surface area contributed by atoms with Crippen LogP contribution in [-0.4, -0.2) is 23.1 Å². The van der Waals surface area contributed by atoms with Gasteiger partial charge in [0.2, 0.25) is 0 Å². The molecular weight excluding hydrogens is 260 g/mol. The van der Waals surface area contributed by atoms with Crippen molar-refractivity contribution in [2.45, 2.75) is 33.4 Å². The van der Waals surface area contributed by atoms with Crippen LogP contribution in [0.25, 0.3) is 0 Å². The van der Waals surface area contributed by atoms with Crippen LogP contribution in [0.2, 0.25) is 0 Å². The second-order valence-electron chi connectivity index (χ2n) is 5.60. The summed E-state index contributed by atoms with van der Waals surface area (Å²) in [7, 11) is 4.14. The van der Waals surface area contributed by atoms with Gasteiger partial charge in [-0.2, -0.15) is 0 Å². The number of aryl methyl sites for hydroxylation is 2. The largest absolute Gasteiger partial charge is 0.367 e. The van der Waals surface area contributed by atoms with Crippen molar-refractivity contribution in [1.82, 2.24) is 14.9 Å². The van der Waals surface area contributed by atoms with Gasteiger partial charge < -0.3 is 14.8 Å². The molecule has 0 saturated heterocycles. The minimum atomic E-state index is 0.816. The Kier molecular flexibility index (Phi) is 5.39. The quantitative estimate of drug-likeness (QED) is 0.795. The SMILES string of the molecule is CCCNCc1ccc(N(C)Cc2nccn2C)cc1C. The van der Waals surface area contributed by atoms with E-state index in [0.29, 0.717) is 0 Å². The normalized spacial score (nSPS) is 10.9. The average Bonchev–Trinajstić information content (AvgIpc) is 2.86. The maximum absolute atomic E-state index is 4.38. The van der Waals surface area contributed by atoms with E-state index in [1.54, 1.807) is 0 Å². The predicted molar refractivity (Wildman–Crippen MR) is 88.5 cm³/mol. The minimum Gasteiger partial charge on any atom is -0.367 e. The van der Waals surface area contributed by atoms with Gasteiger partial charge in [-0.15, -0.1) is 0 Å². The molecule has 21 heavy (non-hydrogen) atoms. The zero-order valence-corrected chi connectivity index (χ0v) is 13.6. The van der Waals surface area contributed by atoms with Crippen LogP contribution in [0.15, 0.2) is 30.6 Å². The summed E-state index contributed by atoms with van der Waals surface area (Å²) >= 11 is 0. The summed E-state index contributed by atoms with van der Waals surface area (Å²) in [6.07, 6.45) is 5.00. The van der Waals surface area contributed by atoms with Gasteiger partial charge in [-0.1, -0.05) is 13.0 Å². The Morgan fingerprint density at radius 2 is 2.14 bits per heavy atom. The van der Waals surface area contributed by atoms with E-state index < -0.39 is 0 Å². The van der Waals surface area contributed by atoms with Crippen molar-refractivity contribution in [3.8, 4) is 0 Å². The molecule has 0 aliphatic heterocycles. The maximum Gasteiger partial charge on any atom is 0.127 e. The molecule has 0 bridgehead atoms. The van der Waals surface area contributed by atoms with E-state index >= 15 is 0 Å². The van der Waals surface area contributed by atoms with E-state index in [9.17, 15) is 0 Å². The Morgan fingerprint density at radius 1 is 1.33 bits per heavy atom. The summed E-state index contributed by atoms with van der Waals surface area (Å²) in [5, 5.41) is 3.46. The first-order valence-electron chi connectivity index (χ1n) is 7.59. The highest BCUT2D eigenvalue weighted by Crippen LogP contribution is 2.19. The van der Waals surface area contributed by atoms with E-state index in [1.165, 1.54) is 23.2 Å². The molecule has 0 atom stereocenters. The van der Waals surface area contributed by atoms with Gasteiger partial charge in [-0.05, 0) is 43.1 Å². The highest BCUT2D eigenvalue weighted by Gasteiger charge is 2.07. The zero-order valence-electron chi connectivity index (χ0n) is 13.6. The fourth-order valence-corrected chi connectivity index (χ4v) is 2.37. The molecule has 0 saturated carbocycles. The molecule has 0 spiro atoms. The third-order valence-corrected chi connectivity index (χ3v) is 3.81. The lowest BCUT2D eigenvalue weighted by atomic mass is 10.1. The Morgan fingerprint density at radius 3 is 2.76 bits per heavy atom. The lowest BCUT2D eigenvalue weighted by molar-refractivity contribution is 0.673. The van der Waals surface area contributed by atoms with Crippen LogP contribution < -0.4 is 10.2 Å². The fourth-order valence-electron chi connectivity index (χ4n) is 2.37. The van der Waals surface area contributed by atoms with Gasteiger partial charge in [0, 0.05) is 38.7 Å². The molecule has 0 unspecified atom stereocenters. The lowest BCUT2D eigenvalue weighted by Crippen LogP contribution is -2.19. The molecule has 114 valence electrons. The van der Waals surface area contributed by atoms with E-state index in [0.717, 1.165) is 25.5 Å². The Bertz CT molecular complexity index is 574. The monoisotopic (exact) mass is 286 g/mol. The molecule has 1 aromatic heterocycles. The molecule has 1 heterocycles. The van der Waals surface area contributed by atoms with E-state index in [-0.39, 0.29) is 0 Å². The van der Waals surface area contributed by atoms with Crippen molar-refractivity contribution in [2.75, 3.05) is 18.5 Å². The molecule has 2 aromatic rings. The zero-order chi connectivity index (χ0) is 15.2. The topological polar surface area (TPSA) is 33.1 Å². The summed E-state index contributed by atoms with van der Waals surface area (Å²) in [6.45, 7) is 7.20. The van der Waals surface area contributed by atoms with Gasteiger partial charge in [0.25, 0.3) is 0 Å². The average molecular weight is 286 g/mol. The van der Waals surface area contributed by atoms with Crippen molar-refractivity contribution in [1.29, 1.82) is 0 Å². The van der Waals surface area contributed by atoms with E-state index in [4.69, 9.17) is 0 Å². The van der Waals surface area contributed by atoms with Gasteiger partial charge in [0.15, 0.2) is 0 Å². The standard InChI is InChI=1S/C17H26N4/c1-5-8-18-12-15-6-7-16(11-14(15)2)21(4)13-17-19-9-10-20(17)3/h6-7,9-11,18H,5,8,12-13H2,1-4H3. The van der Waals surface area contributed by atoms with Gasteiger partial charge in [-0.3, -0.25) is 0 Å². The smallest absolute Gasteiger partial charge is 0.127 e. The summed E-state index contributed by atoms with van der Waals surface area (Å²) in [4.78, 5) is 6.62. The first kappa shape index (κ1) is 15.6. The van der Waals surface area contributed by atoms with Crippen molar-refractivity contribution in [3.05, 3.63) is 47.5 Å². The summed E-state index contributed by atoms with van der Waals surface area (Å²) in [6, 6.07) is 6.67. The summed E-state index contributed by atoms with van der Waals surface area (Å²) in [5.41, 5.74) is 3.94. The molecule has 0 radical (unpaired) electrons. The number of imidazole rings is 1. The third kappa shape index (κ3) is 4.08. The van der Waals surface area contributed by atoms with Crippen LogP contribution in [0.5, 0.6) is 0 Å². The van der Waals surface area contributed by atoms with Crippen LogP contribution >= 0.6 is 0 Å². The van der Waals surface area contributed by atoms with Gasteiger partial charge >= 0.3 is 0 Å². The second-order valence-corrected chi connectivity index (χ2v) is 5.60. The number of anilines is 1. The summed E-state index contributed by atoms with van der Waals surface area (Å²) < 4.78 is 2.06. The molecule has 4 heteroatoms. The number of nitrogens with zero attached hydrogens (tertiary/aromatic N) is 3. The molecule has 1 N–H and O–H groups in total. The number of hydrogen-bond acceptors (Lipinski definition) is 3.